The van der Waals surface area contributed by atoms with Crippen LogP contribution in [0.3, 0.4) is 0 Å². The smallest absolute Gasteiger partial charge is 0.252 e. The van der Waals surface area contributed by atoms with Gasteiger partial charge in [-0.2, -0.15) is 0 Å². The summed E-state index contributed by atoms with van der Waals surface area (Å²) >= 11 is 5.97. The van der Waals surface area contributed by atoms with Gasteiger partial charge in [0.1, 0.15) is 0 Å². The van der Waals surface area contributed by atoms with E-state index < -0.39 is 0 Å². The predicted molar refractivity (Wildman–Crippen MR) is 71.7 cm³/mol. The Morgan fingerprint density at radius 1 is 1.61 bits per heavy atom. The molecule has 2 rings (SSSR count). The zero-order chi connectivity index (χ0) is 13.1. The summed E-state index contributed by atoms with van der Waals surface area (Å²) < 4.78 is 5.45. The lowest BCUT2D eigenvalue weighted by atomic mass is 10.0. The van der Waals surface area contributed by atoms with Crippen LogP contribution in [0, 0.1) is 5.92 Å². The Morgan fingerprint density at radius 2 is 2.39 bits per heavy atom. The highest BCUT2D eigenvalue weighted by Gasteiger charge is 2.24. The van der Waals surface area contributed by atoms with Gasteiger partial charge in [0.05, 0.1) is 16.7 Å². The molecule has 2 atom stereocenters. The van der Waals surface area contributed by atoms with Crippen molar-refractivity contribution in [2.24, 2.45) is 5.92 Å². The van der Waals surface area contributed by atoms with Crippen LogP contribution in [-0.2, 0) is 4.74 Å². The predicted octanol–water partition coefficient (Wildman–Crippen LogP) is 2.08. The van der Waals surface area contributed by atoms with Crippen LogP contribution in [0.5, 0.6) is 0 Å². The van der Waals surface area contributed by atoms with E-state index in [0.29, 0.717) is 28.7 Å². The highest BCUT2D eigenvalue weighted by molar-refractivity contribution is 6.34. The Morgan fingerprint density at radius 3 is 3.06 bits per heavy atom. The molecule has 0 aromatic heterocycles. The lowest BCUT2D eigenvalue weighted by Crippen LogP contribution is -2.32. The maximum Gasteiger partial charge on any atom is 0.252 e. The number of ether oxygens (including phenoxy) is 1. The molecule has 0 saturated carbocycles. The van der Waals surface area contributed by atoms with Gasteiger partial charge in [-0.15, -0.1) is 0 Å². The maximum absolute atomic E-state index is 12.0. The van der Waals surface area contributed by atoms with Gasteiger partial charge in [-0.3, -0.25) is 4.79 Å². The lowest BCUT2D eigenvalue weighted by Gasteiger charge is -2.15. The van der Waals surface area contributed by atoms with Crippen LogP contribution in [0.1, 0.15) is 23.7 Å². The zero-order valence-corrected chi connectivity index (χ0v) is 11.0. The third-order valence-electron chi connectivity index (χ3n) is 3.29. The van der Waals surface area contributed by atoms with Gasteiger partial charge in [0.2, 0.25) is 0 Å². The summed E-state index contributed by atoms with van der Waals surface area (Å²) in [7, 11) is 0. The molecule has 0 spiro atoms. The first-order chi connectivity index (χ1) is 8.58. The second-order valence-electron chi connectivity index (χ2n) is 4.57. The fraction of sp³-hybridized carbons (Fsp3) is 0.462. The van der Waals surface area contributed by atoms with Crippen molar-refractivity contribution in [1.82, 2.24) is 5.32 Å². The molecule has 4 nitrogen and oxygen atoms in total. The van der Waals surface area contributed by atoms with E-state index in [1.165, 1.54) is 0 Å². The van der Waals surface area contributed by atoms with Gasteiger partial charge >= 0.3 is 0 Å². The first kappa shape index (κ1) is 13.2. The molecule has 1 aromatic rings. The molecular weight excluding hydrogens is 252 g/mol. The van der Waals surface area contributed by atoms with Crippen LogP contribution in [0.15, 0.2) is 18.2 Å². The molecule has 0 radical (unpaired) electrons. The Balaban J connectivity index is 1.97. The first-order valence-corrected chi connectivity index (χ1v) is 6.40. The van der Waals surface area contributed by atoms with Crippen molar-refractivity contribution in [3.05, 3.63) is 28.8 Å². The number of amides is 1. The van der Waals surface area contributed by atoms with Crippen molar-refractivity contribution < 1.29 is 9.53 Å². The summed E-state index contributed by atoms with van der Waals surface area (Å²) in [6, 6.07) is 4.89. The van der Waals surface area contributed by atoms with Crippen molar-refractivity contribution in [2.75, 3.05) is 18.9 Å². The number of carbonyl (C=O) groups is 1. The van der Waals surface area contributed by atoms with Crippen molar-refractivity contribution in [2.45, 2.75) is 19.4 Å². The van der Waals surface area contributed by atoms with E-state index in [4.69, 9.17) is 22.1 Å². The highest BCUT2D eigenvalue weighted by atomic mass is 35.5. The third kappa shape index (κ3) is 2.94. The summed E-state index contributed by atoms with van der Waals surface area (Å²) in [5, 5.41) is 3.29. The van der Waals surface area contributed by atoms with E-state index in [9.17, 15) is 4.79 Å². The van der Waals surface area contributed by atoms with E-state index in [-0.39, 0.29) is 12.0 Å². The molecule has 1 aliphatic rings. The summed E-state index contributed by atoms with van der Waals surface area (Å²) in [4.78, 5) is 12.0. The van der Waals surface area contributed by atoms with Crippen LogP contribution in [-0.4, -0.2) is 25.2 Å². The van der Waals surface area contributed by atoms with Crippen LogP contribution >= 0.6 is 11.6 Å². The molecule has 2 unspecified atom stereocenters. The average molecular weight is 269 g/mol. The maximum atomic E-state index is 12.0. The van der Waals surface area contributed by atoms with Gasteiger partial charge in [0, 0.05) is 24.8 Å². The number of carbonyl (C=O) groups excluding carboxylic acids is 1. The number of benzene rings is 1. The van der Waals surface area contributed by atoms with Crippen molar-refractivity contribution in [3.8, 4) is 0 Å². The van der Waals surface area contributed by atoms with E-state index >= 15 is 0 Å². The fourth-order valence-corrected chi connectivity index (χ4v) is 2.28. The highest BCUT2D eigenvalue weighted by Crippen LogP contribution is 2.21. The minimum absolute atomic E-state index is 0.189. The number of anilines is 1. The van der Waals surface area contributed by atoms with Crippen LogP contribution in [0.2, 0.25) is 5.02 Å². The summed E-state index contributed by atoms with van der Waals surface area (Å²) in [5.74, 6) is 0.181. The van der Waals surface area contributed by atoms with Gasteiger partial charge in [-0.25, -0.2) is 0 Å². The molecule has 1 aliphatic heterocycles. The summed E-state index contributed by atoms with van der Waals surface area (Å²) in [6.45, 7) is 3.39. The number of nitrogen functional groups attached to an aromatic ring is 1. The quantitative estimate of drug-likeness (QED) is 0.825. The molecule has 1 aromatic carbocycles. The van der Waals surface area contributed by atoms with E-state index in [1.54, 1.807) is 18.2 Å². The van der Waals surface area contributed by atoms with Gasteiger partial charge < -0.3 is 15.8 Å². The minimum Gasteiger partial charge on any atom is -0.399 e. The largest absolute Gasteiger partial charge is 0.399 e. The Labute approximate surface area is 111 Å². The van der Waals surface area contributed by atoms with E-state index in [1.807, 2.05) is 6.92 Å². The van der Waals surface area contributed by atoms with Gasteiger partial charge in [-0.1, -0.05) is 11.6 Å². The molecule has 0 bridgehead atoms. The number of nitrogens with two attached hydrogens (primary N) is 1. The van der Waals surface area contributed by atoms with Gasteiger partial charge in [0.25, 0.3) is 5.91 Å². The van der Waals surface area contributed by atoms with Crippen LogP contribution in [0.25, 0.3) is 0 Å². The molecule has 3 N–H and O–H groups in total. The topological polar surface area (TPSA) is 64.3 Å². The standard InChI is InChI=1S/C13H17ClN2O2/c1-8-9(4-5-18-8)7-16-13(17)11-6-10(15)2-3-12(11)14/h2-3,6,8-9H,4-5,7,15H2,1H3,(H,16,17). The second-order valence-corrected chi connectivity index (χ2v) is 4.98. The normalized spacial score (nSPS) is 23.0. The van der Waals surface area contributed by atoms with Crippen LogP contribution in [0.4, 0.5) is 5.69 Å². The van der Waals surface area contributed by atoms with Crippen molar-refractivity contribution in [1.29, 1.82) is 0 Å². The number of rotatable bonds is 3. The first-order valence-electron chi connectivity index (χ1n) is 6.02. The fourth-order valence-electron chi connectivity index (χ4n) is 2.08. The molecular formula is C13H17ClN2O2. The zero-order valence-electron chi connectivity index (χ0n) is 10.3. The SMILES string of the molecule is CC1OCCC1CNC(=O)c1cc(N)ccc1Cl. The third-order valence-corrected chi connectivity index (χ3v) is 3.62. The molecule has 1 amide bonds. The lowest BCUT2D eigenvalue weighted by molar-refractivity contribution is 0.0907. The molecule has 5 heteroatoms. The number of nitrogens with one attached hydrogen (secondary N) is 1. The number of halogens is 1. The molecule has 1 heterocycles. The Kier molecular flexibility index (Phi) is 4.09. The number of hydrogen-bond acceptors (Lipinski definition) is 3. The van der Waals surface area contributed by atoms with Crippen LogP contribution < -0.4 is 11.1 Å². The molecule has 18 heavy (non-hydrogen) atoms. The van der Waals surface area contributed by atoms with E-state index in [2.05, 4.69) is 5.32 Å². The molecule has 0 aliphatic carbocycles. The van der Waals surface area contributed by atoms with Gasteiger partial charge in [0.15, 0.2) is 0 Å². The monoisotopic (exact) mass is 268 g/mol. The van der Waals surface area contributed by atoms with Crippen molar-refractivity contribution in [3.63, 3.8) is 0 Å². The second kappa shape index (κ2) is 5.59. The Bertz CT molecular complexity index is 451. The molecule has 98 valence electrons. The molecule has 1 fully saturated rings. The van der Waals surface area contributed by atoms with Gasteiger partial charge in [-0.05, 0) is 31.5 Å². The van der Waals surface area contributed by atoms with Crippen molar-refractivity contribution >= 4 is 23.2 Å². The summed E-state index contributed by atoms with van der Waals surface area (Å²) in [5.41, 5.74) is 6.60. The number of hydrogen-bond donors (Lipinski definition) is 2. The van der Waals surface area contributed by atoms with E-state index in [0.717, 1.165) is 13.0 Å². The molecule has 1 saturated heterocycles. The minimum atomic E-state index is -0.189. The summed E-state index contributed by atoms with van der Waals surface area (Å²) in [6.07, 6.45) is 1.17. The Hall–Kier alpha value is -1.26. The average Bonchev–Trinajstić information content (AvgIpc) is 2.75.